The molecule has 0 unspecified atom stereocenters. The molecule has 0 radical (unpaired) electrons. The maximum Gasteiger partial charge on any atom is 0.0568 e. The summed E-state index contributed by atoms with van der Waals surface area (Å²) in [7, 11) is 0. The molecule has 21 heavy (non-hydrogen) atoms. The Kier molecular flexibility index (Phi) is 4.71. The van der Waals surface area contributed by atoms with Gasteiger partial charge >= 0.3 is 0 Å². The SMILES string of the molecule is OCCc1ccc(-c2cnn(CC3CCCCC3)c2)cc1. The van der Waals surface area contributed by atoms with Gasteiger partial charge in [-0.25, -0.2) is 0 Å². The number of hydrogen-bond donors (Lipinski definition) is 1. The molecule has 3 rings (SSSR count). The standard InChI is InChI=1S/C18H24N2O/c21-11-10-15-6-8-17(9-7-15)18-12-19-20(14-18)13-16-4-2-1-3-5-16/h6-9,12,14,16,21H,1-5,10-11,13H2. The molecule has 1 aliphatic carbocycles. The van der Waals surface area contributed by atoms with Crippen LogP contribution in [-0.4, -0.2) is 21.5 Å². The van der Waals surface area contributed by atoms with Crippen molar-refractivity contribution in [3.63, 3.8) is 0 Å². The van der Waals surface area contributed by atoms with Gasteiger partial charge in [0.2, 0.25) is 0 Å². The minimum absolute atomic E-state index is 0.207. The van der Waals surface area contributed by atoms with E-state index in [1.807, 2.05) is 6.20 Å². The van der Waals surface area contributed by atoms with E-state index in [4.69, 9.17) is 5.11 Å². The second kappa shape index (κ2) is 6.90. The van der Waals surface area contributed by atoms with Crippen LogP contribution in [0.3, 0.4) is 0 Å². The lowest BCUT2D eigenvalue weighted by atomic mass is 9.89. The maximum absolute atomic E-state index is 8.95. The van der Waals surface area contributed by atoms with Gasteiger partial charge < -0.3 is 5.11 Å². The van der Waals surface area contributed by atoms with E-state index in [2.05, 4.69) is 40.2 Å². The number of hydrogen-bond acceptors (Lipinski definition) is 2. The van der Waals surface area contributed by atoms with Crippen molar-refractivity contribution in [3.05, 3.63) is 42.2 Å². The summed E-state index contributed by atoms with van der Waals surface area (Å²) in [5.41, 5.74) is 3.56. The summed E-state index contributed by atoms with van der Waals surface area (Å²) < 4.78 is 2.10. The molecule has 1 aromatic heterocycles. The monoisotopic (exact) mass is 284 g/mol. The molecular formula is C18H24N2O. The van der Waals surface area contributed by atoms with E-state index in [0.717, 1.165) is 18.9 Å². The van der Waals surface area contributed by atoms with Crippen LogP contribution in [0.5, 0.6) is 0 Å². The van der Waals surface area contributed by atoms with Crippen molar-refractivity contribution < 1.29 is 5.11 Å². The fourth-order valence-electron chi connectivity index (χ4n) is 3.24. The van der Waals surface area contributed by atoms with Crippen LogP contribution in [0, 0.1) is 5.92 Å². The molecule has 112 valence electrons. The highest BCUT2D eigenvalue weighted by Crippen LogP contribution is 2.26. The first-order chi connectivity index (χ1) is 10.3. The van der Waals surface area contributed by atoms with Crippen molar-refractivity contribution in [2.75, 3.05) is 6.61 Å². The minimum Gasteiger partial charge on any atom is -0.396 e. The molecule has 3 nitrogen and oxygen atoms in total. The molecule has 1 aliphatic rings. The lowest BCUT2D eigenvalue weighted by Gasteiger charge is -2.21. The zero-order chi connectivity index (χ0) is 14.5. The minimum atomic E-state index is 0.207. The molecule has 1 heterocycles. The average molecular weight is 284 g/mol. The summed E-state index contributed by atoms with van der Waals surface area (Å²) in [5, 5.41) is 13.5. The van der Waals surface area contributed by atoms with Crippen LogP contribution in [0.2, 0.25) is 0 Å². The lowest BCUT2D eigenvalue weighted by Crippen LogP contribution is -2.14. The summed E-state index contributed by atoms with van der Waals surface area (Å²) in [5.74, 6) is 0.804. The first kappa shape index (κ1) is 14.3. The van der Waals surface area contributed by atoms with E-state index in [1.165, 1.54) is 48.8 Å². The van der Waals surface area contributed by atoms with Crippen molar-refractivity contribution in [3.8, 4) is 11.1 Å². The molecule has 0 bridgehead atoms. The summed E-state index contributed by atoms with van der Waals surface area (Å²) in [4.78, 5) is 0. The first-order valence-electron chi connectivity index (χ1n) is 8.08. The molecule has 0 spiro atoms. The molecule has 3 heteroatoms. The molecular weight excluding hydrogens is 260 g/mol. The van der Waals surface area contributed by atoms with E-state index in [1.54, 1.807) is 0 Å². The Labute approximate surface area is 126 Å². The Bertz CT molecular complexity index is 553. The van der Waals surface area contributed by atoms with Crippen LogP contribution in [0.15, 0.2) is 36.7 Å². The number of aromatic nitrogens is 2. The Hall–Kier alpha value is -1.61. The summed E-state index contributed by atoms with van der Waals surface area (Å²) in [6, 6.07) is 8.41. The number of aliphatic hydroxyl groups excluding tert-OH is 1. The van der Waals surface area contributed by atoms with E-state index in [0.29, 0.717) is 0 Å². The quantitative estimate of drug-likeness (QED) is 0.909. The molecule has 0 atom stereocenters. The van der Waals surface area contributed by atoms with E-state index in [-0.39, 0.29) is 6.61 Å². The molecule has 1 aromatic carbocycles. The largest absolute Gasteiger partial charge is 0.396 e. The zero-order valence-corrected chi connectivity index (χ0v) is 12.5. The Morgan fingerprint density at radius 3 is 2.52 bits per heavy atom. The van der Waals surface area contributed by atoms with Gasteiger partial charge in [0.25, 0.3) is 0 Å². The average Bonchev–Trinajstić information content (AvgIpc) is 2.98. The van der Waals surface area contributed by atoms with Gasteiger partial charge in [0, 0.05) is 24.9 Å². The van der Waals surface area contributed by atoms with Crippen molar-refractivity contribution in [1.82, 2.24) is 9.78 Å². The van der Waals surface area contributed by atoms with Crippen LogP contribution < -0.4 is 0 Å². The number of nitrogens with zero attached hydrogens (tertiary/aromatic N) is 2. The molecule has 0 saturated heterocycles. The van der Waals surface area contributed by atoms with Crippen molar-refractivity contribution >= 4 is 0 Å². The number of benzene rings is 1. The van der Waals surface area contributed by atoms with Gasteiger partial charge in [0.05, 0.1) is 6.20 Å². The van der Waals surface area contributed by atoms with Gasteiger partial charge in [0.15, 0.2) is 0 Å². The van der Waals surface area contributed by atoms with Crippen LogP contribution in [0.4, 0.5) is 0 Å². The molecule has 0 amide bonds. The van der Waals surface area contributed by atoms with Gasteiger partial charge in [-0.15, -0.1) is 0 Å². The maximum atomic E-state index is 8.95. The molecule has 2 aromatic rings. The fraction of sp³-hybridized carbons (Fsp3) is 0.500. The normalized spacial score (nSPS) is 16.2. The van der Waals surface area contributed by atoms with Gasteiger partial charge in [0.1, 0.15) is 0 Å². The van der Waals surface area contributed by atoms with Crippen molar-refractivity contribution in [2.24, 2.45) is 5.92 Å². The van der Waals surface area contributed by atoms with Crippen molar-refractivity contribution in [1.29, 1.82) is 0 Å². The number of rotatable bonds is 5. The van der Waals surface area contributed by atoms with E-state index < -0.39 is 0 Å². The summed E-state index contributed by atoms with van der Waals surface area (Å²) in [6.45, 7) is 1.27. The van der Waals surface area contributed by atoms with E-state index >= 15 is 0 Å². The van der Waals surface area contributed by atoms with E-state index in [9.17, 15) is 0 Å². The molecule has 1 fully saturated rings. The molecule has 1 saturated carbocycles. The van der Waals surface area contributed by atoms with Crippen molar-refractivity contribution in [2.45, 2.75) is 45.1 Å². The first-order valence-corrected chi connectivity index (χ1v) is 8.08. The third kappa shape index (κ3) is 3.73. The summed E-state index contributed by atoms with van der Waals surface area (Å²) >= 11 is 0. The molecule has 1 N–H and O–H groups in total. The Morgan fingerprint density at radius 1 is 1.05 bits per heavy atom. The van der Waals surface area contributed by atoms with Crippen LogP contribution in [-0.2, 0) is 13.0 Å². The number of aliphatic hydroxyl groups is 1. The highest BCUT2D eigenvalue weighted by molar-refractivity contribution is 5.61. The Balaban J connectivity index is 1.66. The zero-order valence-electron chi connectivity index (χ0n) is 12.5. The predicted octanol–water partition coefficient (Wildman–Crippen LogP) is 3.67. The smallest absolute Gasteiger partial charge is 0.0568 e. The second-order valence-corrected chi connectivity index (χ2v) is 6.13. The fourth-order valence-corrected chi connectivity index (χ4v) is 3.24. The van der Waals surface area contributed by atoms with Crippen LogP contribution in [0.25, 0.3) is 11.1 Å². The lowest BCUT2D eigenvalue weighted by molar-refractivity contribution is 0.299. The van der Waals surface area contributed by atoms with Gasteiger partial charge in [-0.2, -0.15) is 5.10 Å². The third-order valence-electron chi connectivity index (χ3n) is 4.49. The van der Waals surface area contributed by atoms with Gasteiger partial charge in [-0.1, -0.05) is 43.5 Å². The van der Waals surface area contributed by atoms with Gasteiger partial charge in [-0.05, 0) is 36.3 Å². The Morgan fingerprint density at radius 2 is 1.81 bits per heavy atom. The highest BCUT2D eigenvalue weighted by Gasteiger charge is 2.14. The second-order valence-electron chi connectivity index (χ2n) is 6.13. The van der Waals surface area contributed by atoms with Crippen LogP contribution >= 0.6 is 0 Å². The third-order valence-corrected chi connectivity index (χ3v) is 4.49. The highest BCUT2D eigenvalue weighted by atomic mass is 16.2. The molecule has 0 aliphatic heterocycles. The summed E-state index contributed by atoms with van der Waals surface area (Å²) in [6.07, 6.45) is 11.7. The van der Waals surface area contributed by atoms with Gasteiger partial charge in [-0.3, -0.25) is 4.68 Å². The van der Waals surface area contributed by atoms with Crippen LogP contribution in [0.1, 0.15) is 37.7 Å². The topological polar surface area (TPSA) is 38.1 Å². The predicted molar refractivity (Wildman–Crippen MR) is 85.0 cm³/mol.